The zero-order valence-corrected chi connectivity index (χ0v) is 14.4. The molecule has 0 saturated carbocycles. The molecule has 1 aliphatic rings. The molecule has 0 bridgehead atoms. The molecule has 3 unspecified atom stereocenters. The fourth-order valence-corrected chi connectivity index (χ4v) is 2.90. The number of halogens is 1. The summed E-state index contributed by atoms with van der Waals surface area (Å²) in [4.78, 5) is 12.3. The first-order chi connectivity index (χ1) is 11.0. The molecule has 1 saturated heterocycles. The van der Waals surface area contributed by atoms with Gasteiger partial charge in [0, 0.05) is 23.8 Å². The summed E-state index contributed by atoms with van der Waals surface area (Å²) < 4.78 is 5.77. The monoisotopic (exact) mass is 340 g/mol. The average molecular weight is 341 g/mol. The van der Waals surface area contributed by atoms with Gasteiger partial charge in [0.2, 0.25) is 0 Å². The average Bonchev–Trinajstić information content (AvgIpc) is 2.96. The van der Waals surface area contributed by atoms with Crippen molar-refractivity contribution in [3.8, 4) is 0 Å². The second-order valence-electron chi connectivity index (χ2n) is 6.22. The zero-order valence-electron chi connectivity index (χ0n) is 13.6. The molecule has 1 heterocycles. The second-order valence-corrected chi connectivity index (χ2v) is 6.66. The van der Waals surface area contributed by atoms with Gasteiger partial charge in [0.25, 0.3) is 0 Å². The molecule has 5 nitrogen and oxygen atoms in total. The third-order valence-electron chi connectivity index (χ3n) is 4.47. The Kier molecular flexibility index (Phi) is 6.27. The van der Waals surface area contributed by atoms with Gasteiger partial charge < -0.3 is 20.5 Å². The number of amides is 2. The third kappa shape index (κ3) is 4.83. The van der Waals surface area contributed by atoms with Crippen LogP contribution < -0.4 is 10.6 Å². The second kappa shape index (κ2) is 7.99. The number of nitrogens with one attached hydrogen (secondary N) is 2. The minimum atomic E-state index is -0.409. The molecular formula is C17H25ClN2O3. The first kappa shape index (κ1) is 18.0. The Bertz CT molecular complexity index is 523. The van der Waals surface area contributed by atoms with Gasteiger partial charge in [0.1, 0.15) is 6.10 Å². The van der Waals surface area contributed by atoms with Crippen LogP contribution in [0.5, 0.6) is 0 Å². The molecule has 1 aromatic rings. The smallest absolute Gasteiger partial charge is 0.315 e. The van der Waals surface area contributed by atoms with Crippen molar-refractivity contribution in [2.75, 3.05) is 13.2 Å². The maximum absolute atomic E-state index is 12.3. The highest BCUT2D eigenvalue weighted by Crippen LogP contribution is 2.30. The summed E-state index contributed by atoms with van der Waals surface area (Å²) in [5.41, 5.74) is 0.597. The predicted molar refractivity (Wildman–Crippen MR) is 90.6 cm³/mol. The Morgan fingerprint density at radius 2 is 2.13 bits per heavy atom. The molecule has 0 radical (unpaired) electrons. The highest BCUT2D eigenvalue weighted by molar-refractivity contribution is 6.30. The Morgan fingerprint density at radius 1 is 1.43 bits per heavy atom. The van der Waals surface area contributed by atoms with Gasteiger partial charge in [-0.2, -0.15) is 0 Å². The van der Waals surface area contributed by atoms with Crippen molar-refractivity contribution < 1.29 is 14.6 Å². The van der Waals surface area contributed by atoms with Crippen LogP contribution in [0.15, 0.2) is 24.3 Å². The van der Waals surface area contributed by atoms with Crippen LogP contribution in [0.2, 0.25) is 5.02 Å². The van der Waals surface area contributed by atoms with Crippen LogP contribution in [0, 0.1) is 0 Å². The van der Waals surface area contributed by atoms with Crippen LogP contribution in [0.25, 0.3) is 0 Å². The molecule has 128 valence electrons. The van der Waals surface area contributed by atoms with Crippen LogP contribution >= 0.6 is 11.6 Å². The molecule has 3 N–H and O–H groups in total. The lowest BCUT2D eigenvalue weighted by atomic mass is 9.95. The first-order valence-corrected chi connectivity index (χ1v) is 8.42. The Morgan fingerprint density at radius 3 is 2.74 bits per heavy atom. The number of hydrogen-bond donors (Lipinski definition) is 3. The number of aliphatic hydroxyl groups excluding tert-OH is 1. The van der Waals surface area contributed by atoms with E-state index >= 15 is 0 Å². The van der Waals surface area contributed by atoms with E-state index in [0.29, 0.717) is 18.1 Å². The van der Waals surface area contributed by atoms with E-state index < -0.39 is 5.54 Å². The van der Waals surface area contributed by atoms with Gasteiger partial charge in [0.15, 0.2) is 0 Å². The van der Waals surface area contributed by atoms with Crippen molar-refractivity contribution in [2.45, 2.75) is 50.8 Å². The SMILES string of the molecule is CCC(C)(CCO)NC(=O)NC1CCOC1c1ccc(Cl)cc1. The van der Waals surface area contributed by atoms with Crippen LogP contribution in [0.1, 0.15) is 44.8 Å². The van der Waals surface area contributed by atoms with Crippen LogP contribution in [0.3, 0.4) is 0 Å². The Hall–Kier alpha value is -1.30. The molecular weight excluding hydrogens is 316 g/mol. The highest BCUT2D eigenvalue weighted by Gasteiger charge is 2.32. The fraction of sp³-hybridized carbons (Fsp3) is 0.588. The van der Waals surface area contributed by atoms with E-state index in [1.807, 2.05) is 38.1 Å². The minimum Gasteiger partial charge on any atom is -0.396 e. The molecule has 0 aliphatic carbocycles. The standard InChI is InChI=1S/C17H25ClN2O3/c1-3-17(2,9-10-21)20-16(22)19-14-8-11-23-15(14)12-4-6-13(18)7-5-12/h4-7,14-15,21H,3,8-11H2,1-2H3,(H2,19,20,22). The summed E-state index contributed by atoms with van der Waals surface area (Å²) in [6.45, 7) is 4.58. The molecule has 0 spiro atoms. The minimum absolute atomic E-state index is 0.0462. The van der Waals surface area contributed by atoms with Crippen LogP contribution in [-0.4, -0.2) is 35.9 Å². The van der Waals surface area contributed by atoms with E-state index in [-0.39, 0.29) is 24.8 Å². The van der Waals surface area contributed by atoms with Crippen molar-refractivity contribution in [3.63, 3.8) is 0 Å². The van der Waals surface area contributed by atoms with Crippen molar-refractivity contribution >= 4 is 17.6 Å². The topological polar surface area (TPSA) is 70.6 Å². The van der Waals surface area contributed by atoms with Gasteiger partial charge >= 0.3 is 6.03 Å². The number of hydrogen-bond acceptors (Lipinski definition) is 3. The van der Waals surface area contributed by atoms with Gasteiger partial charge in [-0.3, -0.25) is 0 Å². The van der Waals surface area contributed by atoms with E-state index in [1.165, 1.54) is 0 Å². The number of aliphatic hydroxyl groups is 1. The highest BCUT2D eigenvalue weighted by atomic mass is 35.5. The Labute approximate surface area is 142 Å². The number of carbonyl (C=O) groups is 1. The lowest BCUT2D eigenvalue weighted by Crippen LogP contribution is -2.53. The largest absolute Gasteiger partial charge is 0.396 e. The summed E-state index contributed by atoms with van der Waals surface area (Å²) in [5.74, 6) is 0. The van der Waals surface area contributed by atoms with E-state index in [2.05, 4.69) is 10.6 Å². The van der Waals surface area contributed by atoms with Crippen molar-refractivity contribution in [1.82, 2.24) is 10.6 Å². The summed E-state index contributed by atoms with van der Waals surface area (Å²) in [6.07, 6.45) is 1.88. The van der Waals surface area contributed by atoms with E-state index in [4.69, 9.17) is 21.4 Å². The summed E-state index contributed by atoms with van der Waals surface area (Å²) >= 11 is 5.92. The number of ether oxygens (including phenoxy) is 1. The molecule has 2 rings (SSSR count). The van der Waals surface area contributed by atoms with Crippen molar-refractivity contribution in [1.29, 1.82) is 0 Å². The van der Waals surface area contributed by atoms with Gasteiger partial charge in [-0.25, -0.2) is 4.79 Å². The van der Waals surface area contributed by atoms with E-state index in [1.54, 1.807) is 0 Å². The maximum atomic E-state index is 12.3. The lowest BCUT2D eigenvalue weighted by Gasteiger charge is -2.30. The molecule has 1 aromatic carbocycles. The molecule has 1 fully saturated rings. The molecule has 0 aromatic heterocycles. The maximum Gasteiger partial charge on any atom is 0.315 e. The quantitative estimate of drug-likeness (QED) is 0.745. The molecule has 3 atom stereocenters. The van der Waals surface area contributed by atoms with Gasteiger partial charge in [0.05, 0.1) is 6.04 Å². The molecule has 23 heavy (non-hydrogen) atoms. The number of rotatable bonds is 6. The van der Waals surface area contributed by atoms with Crippen molar-refractivity contribution in [3.05, 3.63) is 34.9 Å². The normalized spacial score (nSPS) is 23.3. The predicted octanol–water partition coefficient (Wildman–Crippen LogP) is 3.02. The number of benzene rings is 1. The van der Waals surface area contributed by atoms with Gasteiger partial charge in [-0.1, -0.05) is 30.7 Å². The number of urea groups is 1. The molecule has 2 amide bonds. The van der Waals surface area contributed by atoms with Gasteiger partial charge in [-0.15, -0.1) is 0 Å². The summed E-state index contributed by atoms with van der Waals surface area (Å²) in [6, 6.07) is 7.19. The van der Waals surface area contributed by atoms with Crippen LogP contribution in [0.4, 0.5) is 4.79 Å². The zero-order chi connectivity index (χ0) is 16.9. The Balaban J connectivity index is 1.98. The van der Waals surface area contributed by atoms with E-state index in [0.717, 1.165) is 18.4 Å². The third-order valence-corrected chi connectivity index (χ3v) is 4.72. The number of carbonyl (C=O) groups excluding carboxylic acids is 1. The fourth-order valence-electron chi connectivity index (χ4n) is 2.77. The first-order valence-electron chi connectivity index (χ1n) is 8.04. The lowest BCUT2D eigenvalue weighted by molar-refractivity contribution is 0.0993. The van der Waals surface area contributed by atoms with E-state index in [9.17, 15) is 4.79 Å². The van der Waals surface area contributed by atoms with Crippen molar-refractivity contribution in [2.24, 2.45) is 0 Å². The summed E-state index contributed by atoms with van der Waals surface area (Å²) in [5, 5.41) is 15.8. The van der Waals surface area contributed by atoms with Gasteiger partial charge in [-0.05, 0) is 43.9 Å². The molecule has 6 heteroatoms. The molecule has 1 aliphatic heterocycles. The summed E-state index contributed by atoms with van der Waals surface area (Å²) in [7, 11) is 0. The van der Waals surface area contributed by atoms with Crippen LogP contribution in [-0.2, 0) is 4.74 Å².